The van der Waals surface area contributed by atoms with Gasteiger partial charge in [-0.25, -0.2) is 0 Å². The molecule has 10 aromatic carbocycles. The van der Waals surface area contributed by atoms with E-state index in [1.165, 1.54) is 33.4 Å². The molecule has 0 radical (unpaired) electrons. The molecule has 0 aliphatic carbocycles. The molecule has 0 amide bonds. The van der Waals surface area contributed by atoms with Crippen LogP contribution in [0.4, 0.5) is 34.3 Å². The van der Waals surface area contributed by atoms with Crippen LogP contribution in [0, 0.1) is 15.9 Å². The number of benzene rings is 10. The Labute approximate surface area is 516 Å². The standard InChI is InChI=1S/C79H67N5O.Pt/c1-76(2,3)55-40-43-70-67(48-55)79(64-34-19-21-36-68(64)83(58-30-17-12-18-31-58)69-37-22-20-35-65(69)79)66-42-41-61(51-73(66)84(70)74-49-56(44-45-80-74)77(4,5)6)85-60-33-25-32-59(50-60)81-52-82(72-39-24-23-38-71(72)81)75-62(53-26-13-10-14-27-53)46-57(78(7,8)9)47-63(75)54-28-15-11-16-29-54;/h10-49H,1-9H3;/q-2;. The van der Waals surface area contributed by atoms with Gasteiger partial charge < -0.3 is 4.90 Å². The zero-order valence-electron chi connectivity index (χ0n) is 50.1. The minimum atomic E-state index is -0.807. The van der Waals surface area contributed by atoms with Gasteiger partial charge in [-0.05, 0) is 52.3 Å². The normalized spacial score (nSPS) is 13.5. The fourth-order valence-corrected chi connectivity index (χ4v) is 14.1. The first-order valence-corrected chi connectivity index (χ1v) is 30.8. The van der Waals surface area contributed by atoms with Crippen molar-refractivity contribution in [1.82, 2.24) is 14.1 Å². The molecule has 6 nitrogen and oxygen atoms in total. The van der Waals surface area contributed by atoms with E-state index in [9.17, 15) is 0 Å². The molecule has 426 valence electrons. The van der Waals surface area contributed by atoms with E-state index >= 15 is 0 Å². The zero-order valence-corrected chi connectivity index (χ0v) is 52.3. The van der Waals surface area contributed by atoms with Gasteiger partial charge in [-0.1, -0.05) is 108 Å². The monoisotopic (exact) mass is 1300 g/mol. The van der Waals surface area contributed by atoms with E-state index in [0.29, 0.717) is 11.5 Å². The Morgan fingerprint density at radius 2 is 0.942 bits per heavy atom. The number of hydrogen-bond acceptors (Lipinski definition) is 4. The number of fused-ring (bicyclic) bond motifs is 9. The predicted molar refractivity (Wildman–Crippen MR) is 350 cm³/mol. The first kappa shape index (κ1) is 54.8. The van der Waals surface area contributed by atoms with Crippen molar-refractivity contribution in [2.45, 2.75) is 84.0 Å². The summed E-state index contributed by atoms with van der Waals surface area (Å²) in [5, 5.41) is 0. The second-order valence-electron chi connectivity index (χ2n) is 25.8. The van der Waals surface area contributed by atoms with Crippen LogP contribution in [-0.4, -0.2) is 14.1 Å². The second kappa shape index (κ2) is 20.9. The van der Waals surface area contributed by atoms with E-state index in [0.717, 1.165) is 88.3 Å². The third-order valence-electron chi connectivity index (χ3n) is 17.3. The maximum atomic E-state index is 7.16. The van der Waals surface area contributed by atoms with E-state index < -0.39 is 5.41 Å². The average molecular weight is 1300 g/mol. The van der Waals surface area contributed by atoms with Crippen molar-refractivity contribution < 1.29 is 24.1 Å². The summed E-state index contributed by atoms with van der Waals surface area (Å²) < 4.78 is 12.9. The Balaban J connectivity index is 0.973. The summed E-state index contributed by atoms with van der Waals surface area (Å²) >= 11 is 2.52. The first-order valence-electron chi connectivity index (χ1n) is 29.7. The Hall–Kier alpha value is -9.09. The van der Waals surface area contributed by atoms with Crippen molar-refractivity contribution in [3.63, 3.8) is 0 Å². The molecule has 0 bridgehead atoms. The molecule has 12 aromatic rings. The van der Waals surface area contributed by atoms with Gasteiger partial charge in [-0.3, -0.25) is 0 Å². The minimum absolute atomic E-state index is 0.103. The number of ether oxygens (including phenoxy) is 1. The van der Waals surface area contributed by atoms with Gasteiger partial charge in [0.1, 0.15) is 0 Å². The molecule has 0 unspecified atom stereocenters. The van der Waals surface area contributed by atoms with Crippen molar-refractivity contribution in [1.29, 1.82) is 0 Å². The van der Waals surface area contributed by atoms with Crippen molar-refractivity contribution >= 4 is 45.3 Å². The van der Waals surface area contributed by atoms with Gasteiger partial charge in [0.2, 0.25) is 0 Å². The van der Waals surface area contributed by atoms with Crippen LogP contribution in [0.1, 0.15) is 101 Å². The molecular formula is C79H67N5OPt-2. The summed E-state index contributed by atoms with van der Waals surface area (Å²) in [6.45, 7) is 20.6. The van der Waals surface area contributed by atoms with Crippen molar-refractivity contribution in [3.8, 4) is 45.1 Å². The fourth-order valence-electron chi connectivity index (χ4n) is 13.0. The first-order chi connectivity index (χ1) is 41.5. The van der Waals surface area contributed by atoms with E-state index in [2.05, 4.69) is 343 Å². The number of anilines is 6. The van der Waals surface area contributed by atoms with Gasteiger partial charge in [0.15, 0.2) is 0 Å². The quantitative estimate of drug-likeness (QED) is 0.142. The Bertz CT molecular complexity index is 4550. The van der Waals surface area contributed by atoms with Crippen molar-refractivity contribution in [2.24, 2.45) is 0 Å². The summed E-state index contributed by atoms with van der Waals surface area (Å²) in [5.74, 6) is 1.93. The number of imidazole rings is 1. The van der Waals surface area contributed by atoms with Gasteiger partial charge in [0.25, 0.3) is 0 Å². The molecule has 2 aliphatic heterocycles. The van der Waals surface area contributed by atoms with Crippen LogP contribution in [0.25, 0.3) is 44.7 Å². The molecule has 7 heteroatoms. The van der Waals surface area contributed by atoms with Gasteiger partial charge >= 0.3 is 331 Å². The van der Waals surface area contributed by atoms with E-state index in [1.54, 1.807) is 0 Å². The summed E-state index contributed by atoms with van der Waals surface area (Å²) in [6, 6.07) is 93.7. The van der Waals surface area contributed by atoms with E-state index in [-0.39, 0.29) is 16.2 Å². The molecule has 1 spiro atoms. The maximum absolute atomic E-state index is 7.16. The van der Waals surface area contributed by atoms with Gasteiger partial charge in [0.05, 0.1) is 0 Å². The molecule has 0 N–H and O–H groups in total. The van der Waals surface area contributed by atoms with Crippen LogP contribution < -0.4 is 14.5 Å². The summed E-state index contributed by atoms with van der Waals surface area (Å²) in [4.78, 5) is 10.00. The van der Waals surface area contributed by atoms with Crippen LogP contribution in [0.2, 0.25) is 0 Å². The molecule has 0 atom stereocenters. The molecule has 0 saturated heterocycles. The minimum Gasteiger partial charge on any atom is -0.310 e. The molecule has 4 heterocycles. The van der Waals surface area contributed by atoms with Crippen LogP contribution in [0.15, 0.2) is 243 Å². The van der Waals surface area contributed by atoms with Crippen LogP contribution >= 0.6 is 0 Å². The zero-order chi connectivity index (χ0) is 59.3. The number of aromatic nitrogens is 3. The third kappa shape index (κ3) is 9.11. The Morgan fingerprint density at radius 1 is 0.419 bits per heavy atom. The number of para-hydroxylation sites is 5. The third-order valence-corrected chi connectivity index (χ3v) is 18.3. The number of nitrogens with zero attached hydrogens (tertiary/aromatic N) is 5. The topological polar surface area (TPSA) is 38.5 Å². The number of rotatable bonds is 8. The number of pyridine rings is 1. The molecular weight excluding hydrogens is 1230 g/mol. The average Bonchev–Trinajstić information content (AvgIpc) is 0.792. The molecule has 0 saturated carbocycles. The molecule has 2 aromatic heterocycles. The summed E-state index contributed by atoms with van der Waals surface area (Å²) in [5.41, 5.74) is 21.1. The summed E-state index contributed by atoms with van der Waals surface area (Å²) in [6.07, 6.45) is 1.95. The van der Waals surface area contributed by atoms with Crippen LogP contribution in [0.3, 0.4) is 0 Å². The van der Waals surface area contributed by atoms with Gasteiger partial charge in [-0.15, -0.1) is 0 Å². The molecule has 14 rings (SSSR count). The molecule has 2 aliphatic rings. The molecule has 0 fully saturated rings. The number of hydrogen-bond donors (Lipinski definition) is 0. The molecule has 86 heavy (non-hydrogen) atoms. The van der Waals surface area contributed by atoms with Gasteiger partial charge in [0, 0.05) is 23.3 Å². The Kier molecular flexibility index (Phi) is 13.3. The van der Waals surface area contributed by atoms with Crippen LogP contribution in [0.5, 0.6) is 11.5 Å². The fraction of sp³-hybridized carbons (Fsp3) is 0.165. The predicted octanol–water partition coefficient (Wildman–Crippen LogP) is 20.5. The van der Waals surface area contributed by atoms with E-state index in [4.69, 9.17) is 9.72 Å². The SMILES string of the molecule is CC(C)(C)c1ccnc(N2c3[c-]c(Oc4[c-]c(-n5[c](=[Pt])n(-c6c(-c7ccccc7)cc(C(C)(C)C)cc6-c6ccccc6)c6ccccc65)ccc4)ccc3C3(c4cc(C(C)(C)C)ccc42)c2ccccc2N(c2ccccc2)c2ccccc23)c1. The van der Waals surface area contributed by atoms with E-state index in [1.807, 2.05) is 12.3 Å². The Morgan fingerprint density at radius 3 is 1.55 bits per heavy atom. The smallest absolute Gasteiger partial charge is 0.310 e. The van der Waals surface area contributed by atoms with Crippen LogP contribution in [-0.2, 0) is 41.0 Å². The second-order valence-corrected chi connectivity index (χ2v) is 26.8. The van der Waals surface area contributed by atoms with Crippen molar-refractivity contribution in [2.75, 3.05) is 9.80 Å². The van der Waals surface area contributed by atoms with Gasteiger partial charge in [-0.2, -0.15) is 0 Å². The van der Waals surface area contributed by atoms with Crippen molar-refractivity contribution in [3.05, 3.63) is 298 Å². The summed E-state index contributed by atoms with van der Waals surface area (Å²) in [7, 11) is 0.